The highest BCUT2D eigenvalue weighted by Gasteiger charge is 2.23. The molecule has 2 unspecified atom stereocenters. The Hall–Kier alpha value is -0.120. The molecule has 0 saturated carbocycles. The maximum atomic E-state index is 9.64. The van der Waals surface area contributed by atoms with E-state index in [-0.39, 0.29) is 0 Å². The van der Waals surface area contributed by atoms with E-state index in [4.69, 9.17) is 0 Å². The van der Waals surface area contributed by atoms with Crippen LogP contribution in [0.15, 0.2) is 0 Å². The number of rotatable bonds is 4. The van der Waals surface area contributed by atoms with Crippen LogP contribution >= 0.6 is 0 Å². The normalized spacial score (nSPS) is 26.6. The van der Waals surface area contributed by atoms with E-state index in [1.807, 2.05) is 13.8 Å². The zero-order chi connectivity index (χ0) is 11.5. The number of hydrogen-bond donors (Lipinski definition) is 2. The van der Waals surface area contributed by atoms with Gasteiger partial charge in [-0.1, -0.05) is 0 Å². The molecule has 2 atom stereocenters. The topological polar surface area (TPSA) is 35.5 Å². The van der Waals surface area contributed by atoms with Crippen molar-refractivity contribution in [3.63, 3.8) is 0 Å². The lowest BCUT2D eigenvalue weighted by molar-refractivity contribution is 0.0707. The Bertz CT molecular complexity index is 189. The SMILES string of the molecule is CC(NCC(C)(C)O)C1CCCN(C)C1. The lowest BCUT2D eigenvalue weighted by atomic mass is 9.91. The molecular formula is C12H26N2O. The predicted octanol–water partition coefficient (Wildman–Crippen LogP) is 1.08. The molecule has 0 bridgehead atoms. The maximum absolute atomic E-state index is 9.64. The zero-order valence-electron chi connectivity index (χ0n) is 10.6. The molecule has 1 heterocycles. The number of aliphatic hydroxyl groups is 1. The Balaban J connectivity index is 2.29. The van der Waals surface area contributed by atoms with Crippen molar-refractivity contribution in [3.8, 4) is 0 Å². The third-order valence-electron chi connectivity index (χ3n) is 3.22. The van der Waals surface area contributed by atoms with Gasteiger partial charge in [0, 0.05) is 19.1 Å². The molecule has 3 nitrogen and oxygen atoms in total. The van der Waals surface area contributed by atoms with Crippen molar-refractivity contribution < 1.29 is 5.11 Å². The zero-order valence-corrected chi connectivity index (χ0v) is 10.6. The first-order valence-corrected chi connectivity index (χ1v) is 6.03. The summed E-state index contributed by atoms with van der Waals surface area (Å²) in [6, 6.07) is 0.499. The standard InChI is InChI=1S/C12H26N2O/c1-10(13-9-12(2,3)15)11-6-5-7-14(4)8-11/h10-11,13,15H,5-9H2,1-4H3. The fraction of sp³-hybridized carbons (Fsp3) is 1.00. The molecule has 1 saturated heterocycles. The second kappa shape index (κ2) is 5.28. The minimum atomic E-state index is -0.602. The molecule has 2 N–H and O–H groups in total. The van der Waals surface area contributed by atoms with E-state index in [1.54, 1.807) is 0 Å². The molecule has 0 aromatic carbocycles. The van der Waals surface area contributed by atoms with Crippen LogP contribution in [0.5, 0.6) is 0 Å². The van der Waals surface area contributed by atoms with Crippen molar-refractivity contribution in [2.75, 3.05) is 26.7 Å². The summed E-state index contributed by atoms with van der Waals surface area (Å²) >= 11 is 0. The van der Waals surface area contributed by atoms with Crippen LogP contribution in [0.1, 0.15) is 33.6 Å². The quantitative estimate of drug-likeness (QED) is 0.735. The number of nitrogens with zero attached hydrogens (tertiary/aromatic N) is 1. The summed E-state index contributed by atoms with van der Waals surface area (Å²) < 4.78 is 0. The smallest absolute Gasteiger partial charge is 0.0715 e. The summed E-state index contributed by atoms with van der Waals surface area (Å²) in [7, 11) is 2.19. The minimum absolute atomic E-state index is 0.499. The van der Waals surface area contributed by atoms with Crippen LogP contribution < -0.4 is 5.32 Å². The first-order valence-electron chi connectivity index (χ1n) is 6.03. The first-order chi connectivity index (χ1) is 6.88. The van der Waals surface area contributed by atoms with Crippen LogP contribution in [0.4, 0.5) is 0 Å². The van der Waals surface area contributed by atoms with E-state index in [1.165, 1.54) is 25.9 Å². The monoisotopic (exact) mass is 214 g/mol. The highest BCUT2D eigenvalue weighted by Crippen LogP contribution is 2.18. The van der Waals surface area contributed by atoms with Crippen molar-refractivity contribution in [1.29, 1.82) is 0 Å². The van der Waals surface area contributed by atoms with Gasteiger partial charge in [0.25, 0.3) is 0 Å². The summed E-state index contributed by atoms with van der Waals surface area (Å²) in [5.41, 5.74) is -0.602. The Kier molecular flexibility index (Phi) is 4.56. The van der Waals surface area contributed by atoms with Crippen LogP contribution in [0.3, 0.4) is 0 Å². The molecule has 0 amide bonds. The van der Waals surface area contributed by atoms with Gasteiger partial charge in [0.05, 0.1) is 5.60 Å². The lowest BCUT2D eigenvalue weighted by Crippen LogP contribution is -2.47. The van der Waals surface area contributed by atoms with E-state index in [0.29, 0.717) is 12.6 Å². The van der Waals surface area contributed by atoms with Gasteiger partial charge in [-0.2, -0.15) is 0 Å². The van der Waals surface area contributed by atoms with Crippen molar-refractivity contribution >= 4 is 0 Å². The van der Waals surface area contributed by atoms with Crippen molar-refractivity contribution in [1.82, 2.24) is 10.2 Å². The lowest BCUT2D eigenvalue weighted by Gasteiger charge is -2.35. The average molecular weight is 214 g/mol. The molecule has 15 heavy (non-hydrogen) atoms. The van der Waals surface area contributed by atoms with Gasteiger partial charge >= 0.3 is 0 Å². The Labute approximate surface area is 93.9 Å². The Morgan fingerprint density at radius 1 is 1.53 bits per heavy atom. The summed E-state index contributed by atoms with van der Waals surface area (Å²) in [4.78, 5) is 2.40. The molecule has 0 aromatic heterocycles. The van der Waals surface area contributed by atoms with Crippen LogP contribution in [-0.2, 0) is 0 Å². The highest BCUT2D eigenvalue weighted by molar-refractivity contribution is 4.81. The van der Waals surface area contributed by atoms with Gasteiger partial charge in [-0.05, 0) is 53.1 Å². The summed E-state index contributed by atoms with van der Waals surface area (Å²) in [5, 5.41) is 13.1. The van der Waals surface area contributed by atoms with Gasteiger partial charge in [0.15, 0.2) is 0 Å². The average Bonchev–Trinajstić information content (AvgIpc) is 2.13. The van der Waals surface area contributed by atoms with Gasteiger partial charge in [-0.25, -0.2) is 0 Å². The second-order valence-electron chi connectivity index (χ2n) is 5.65. The molecule has 0 radical (unpaired) electrons. The van der Waals surface area contributed by atoms with Crippen molar-refractivity contribution in [3.05, 3.63) is 0 Å². The molecule has 1 aliphatic rings. The summed E-state index contributed by atoms with van der Waals surface area (Å²) in [5.74, 6) is 0.728. The maximum Gasteiger partial charge on any atom is 0.0715 e. The van der Waals surface area contributed by atoms with Gasteiger partial charge in [-0.3, -0.25) is 0 Å². The first kappa shape index (κ1) is 12.9. The molecule has 1 fully saturated rings. The molecule has 1 aliphatic heterocycles. The largest absolute Gasteiger partial charge is 0.389 e. The van der Waals surface area contributed by atoms with E-state index in [2.05, 4.69) is 24.2 Å². The number of piperidine rings is 1. The molecule has 90 valence electrons. The van der Waals surface area contributed by atoms with E-state index in [0.717, 1.165) is 5.92 Å². The van der Waals surface area contributed by atoms with Crippen LogP contribution in [0.25, 0.3) is 0 Å². The van der Waals surface area contributed by atoms with Crippen molar-refractivity contribution in [2.24, 2.45) is 5.92 Å². The van der Waals surface area contributed by atoms with Gasteiger partial charge in [0.2, 0.25) is 0 Å². The highest BCUT2D eigenvalue weighted by atomic mass is 16.3. The molecule has 3 heteroatoms. The summed E-state index contributed by atoms with van der Waals surface area (Å²) in [6.45, 7) is 9.01. The number of likely N-dealkylation sites (tertiary alicyclic amines) is 1. The van der Waals surface area contributed by atoms with Crippen LogP contribution in [0.2, 0.25) is 0 Å². The Morgan fingerprint density at radius 2 is 2.20 bits per heavy atom. The van der Waals surface area contributed by atoms with Gasteiger partial charge in [0.1, 0.15) is 0 Å². The van der Waals surface area contributed by atoms with Crippen LogP contribution in [0, 0.1) is 5.92 Å². The van der Waals surface area contributed by atoms with Crippen molar-refractivity contribution in [2.45, 2.75) is 45.3 Å². The predicted molar refractivity (Wildman–Crippen MR) is 64.0 cm³/mol. The fourth-order valence-electron chi connectivity index (χ4n) is 2.19. The van der Waals surface area contributed by atoms with Gasteiger partial charge in [-0.15, -0.1) is 0 Å². The third-order valence-corrected chi connectivity index (χ3v) is 3.22. The van der Waals surface area contributed by atoms with E-state index >= 15 is 0 Å². The van der Waals surface area contributed by atoms with E-state index < -0.39 is 5.60 Å². The molecular weight excluding hydrogens is 188 g/mol. The second-order valence-corrected chi connectivity index (χ2v) is 5.65. The molecule has 0 aliphatic carbocycles. The van der Waals surface area contributed by atoms with E-state index in [9.17, 15) is 5.11 Å². The fourth-order valence-corrected chi connectivity index (χ4v) is 2.19. The molecule has 1 rings (SSSR count). The summed E-state index contributed by atoms with van der Waals surface area (Å²) in [6.07, 6.45) is 2.61. The number of hydrogen-bond acceptors (Lipinski definition) is 3. The molecule has 0 aromatic rings. The Morgan fingerprint density at radius 3 is 2.73 bits per heavy atom. The number of nitrogens with one attached hydrogen (secondary N) is 1. The third kappa shape index (κ3) is 4.96. The molecule has 0 spiro atoms. The van der Waals surface area contributed by atoms with Gasteiger partial charge < -0.3 is 15.3 Å². The van der Waals surface area contributed by atoms with Crippen LogP contribution in [-0.4, -0.2) is 48.3 Å². The minimum Gasteiger partial charge on any atom is -0.389 e.